The molecular formula is C37H39ClN7O3PS. The van der Waals surface area contributed by atoms with Gasteiger partial charge in [0.2, 0.25) is 0 Å². The molecule has 8 bridgehead atoms. The topological polar surface area (TPSA) is 92.2 Å². The van der Waals surface area contributed by atoms with E-state index in [0.29, 0.717) is 43.3 Å². The number of pyridine rings is 1. The van der Waals surface area contributed by atoms with Crippen molar-refractivity contribution in [3.63, 3.8) is 0 Å². The molecule has 4 aromatic heterocycles. The molecule has 2 aliphatic heterocycles. The third-order valence-corrected chi connectivity index (χ3v) is 11.5. The van der Waals surface area contributed by atoms with E-state index in [1.165, 1.54) is 12.8 Å². The molecule has 2 aliphatic rings. The van der Waals surface area contributed by atoms with Gasteiger partial charge in [0.25, 0.3) is 0 Å². The van der Waals surface area contributed by atoms with Crippen molar-refractivity contribution in [3.05, 3.63) is 87.7 Å². The van der Waals surface area contributed by atoms with E-state index in [1.807, 2.05) is 41.5 Å². The number of esters is 1. The lowest BCUT2D eigenvalue weighted by Gasteiger charge is -2.18. The minimum atomic E-state index is -0.376. The van der Waals surface area contributed by atoms with Gasteiger partial charge in [0.15, 0.2) is 0 Å². The van der Waals surface area contributed by atoms with Gasteiger partial charge in [0.05, 0.1) is 35.6 Å². The molecule has 50 heavy (non-hydrogen) atoms. The molecule has 8 rings (SSSR count). The second kappa shape index (κ2) is 13.7. The maximum absolute atomic E-state index is 13.5. The number of hydrogen-bond donors (Lipinski definition) is 0. The fraction of sp³-hybridized carbons (Fsp3) is 0.351. The number of aromatic nitrogens is 6. The minimum absolute atomic E-state index is 0.376. The average molecular weight is 728 g/mol. The van der Waals surface area contributed by atoms with E-state index in [4.69, 9.17) is 31.3 Å². The first-order valence-corrected chi connectivity index (χ1v) is 18.8. The first kappa shape index (κ1) is 33.3. The predicted octanol–water partition coefficient (Wildman–Crippen LogP) is 7.51. The minimum Gasteiger partial charge on any atom is -0.491 e. The molecule has 0 amide bonds. The fourth-order valence-corrected chi connectivity index (χ4v) is 9.14. The highest BCUT2D eigenvalue weighted by atomic mass is 35.5. The lowest BCUT2D eigenvalue weighted by molar-refractivity contribution is 0.0589. The molecule has 10 nitrogen and oxygen atoms in total. The van der Waals surface area contributed by atoms with E-state index >= 15 is 0 Å². The van der Waals surface area contributed by atoms with Crippen LogP contribution < -0.4 is 4.74 Å². The number of halogens is 1. The Morgan fingerprint density at radius 2 is 1.92 bits per heavy atom. The number of nitrogens with zero attached hydrogens (tertiary/aromatic N) is 7. The van der Waals surface area contributed by atoms with Crippen molar-refractivity contribution in [2.75, 3.05) is 13.7 Å². The number of carbonyl (C=O) groups excluding carboxylic acids is 1. The van der Waals surface area contributed by atoms with Crippen LogP contribution in [-0.4, -0.2) is 53.5 Å². The van der Waals surface area contributed by atoms with Crippen LogP contribution in [0.3, 0.4) is 0 Å². The van der Waals surface area contributed by atoms with Gasteiger partial charge in [-0.3, -0.25) is 19.0 Å². The van der Waals surface area contributed by atoms with Crippen molar-refractivity contribution >= 4 is 60.5 Å². The van der Waals surface area contributed by atoms with Crippen LogP contribution in [0.1, 0.15) is 58.1 Å². The standard InChI is InChI=1S/C37H39ClN7O3PS/c1-42-35-27-11-12-28(38)32(35)33-29(41-45-14-5-4-10-30(33)45)20-44(49)19-23-17-24(43(2)40-23)21-50-25-16-22-8-6-13-39-34(22)31(18-25)48-15-7-9-26(27)36(42)37(46)47-3/h6,8,11-13,16-18H,4-5,7,9-10,14-15,19-21,49H2,1-3H3. The van der Waals surface area contributed by atoms with Crippen molar-refractivity contribution < 1.29 is 14.3 Å². The maximum atomic E-state index is 13.5. The zero-order chi connectivity index (χ0) is 34.5. The van der Waals surface area contributed by atoms with Gasteiger partial charge in [-0.05, 0) is 68.0 Å². The summed E-state index contributed by atoms with van der Waals surface area (Å²) < 4.78 is 20.1. The first-order chi connectivity index (χ1) is 24.3. The molecule has 6 aromatic rings. The van der Waals surface area contributed by atoms with Crippen molar-refractivity contribution in [1.29, 1.82) is 0 Å². The van der Waals surface area contributed by atoms with E-state index in [-0.39, 0.29) is 5.97 Å². The van der Waals surface area contributed by atoms with Crippen LogP contribution in [0.4, 0.5) is 0 Å². The molecule has 0 aliphatic carbocycles. The Balaban J connectivity index is 1.29. The number of benzene rings is 2. The monoisotopic (exact) mass is 727 g/mol. The lowest BCUT2D eigenvalue weighted by Crippen LogP contribution is -2.13. The number of thioether (sulfide) groups is 1. The van der Waals surface area contributed by atoms with Crippen LogP contribution >= 0.6 is 32.8 Å². The summed E-state index contributed by atoms with van der Waals surface area (Å²) in [5.74, 6) is 1.14. The second-order valence-corrected chi connectivity index (χ2v) is 15.2. The van der Waals surface area contributed by atoms with Crippen molar-refractivity contribution in [1.82, 2.24) is 33.8 Å². The number of methoxy groups -OCH3 is 1. The molecule has 0 N–H and O–H groups in total. The van der Waals surface area contributed by atoms with Gasteiger partial charge in [0, 0.05) is 83.9 Å². The maximum Gasteiger partial charge on any atom is 0.354 e. The molecule has 0 fully saturated rings. The third-order valence-electron chi connectivity index (χ3n) is 9.81. The average Bonchev–Trinajstić information content (AvgIpc) is 3.74. The van der Waals surface area contributed by atoms with Crippen LogP contribution in [0, 0.1) is 0 Å². The molecule has 13 heteroatoms. The molecule has 0 spiro atoms. The van der Waals surface area contributed by atoms with Gasteiger partial charge in [-0.2, -0.15) is 10.2 Å². The van der Waals surface area contributed by atoms with Crippen molar-refractivity contribution in [3.8, 4) is 16.9 Å². The normalized spacial score (nSPS) is 15.8. The van der Waals surface area contributed by atoms with Crippen LogP contribution in [0.15, 0.2) is 53.6 Å². The smallest absolute Gasteiger partial charge is 0.354 e. The fourth-order valence-electron chi connectivity index (χ4n) is 7.55. The van der Waals surface area contributed by atoms with Gasteiger partial charge in [-0.25, -0.2) is 4.79 Å². The summed E-state index contributed by atoms with van der Waals surface area (Å²) in [5, 5.41) is 12.7. The Labute approximate surface area is 302 Å². The first-order valence-electron chi connectivity index (χ1n) is 16.9. The highest BCUT2D eigenvalue weighted by molar-refractivity contribution is 7.98. The van der Waals surface area contributed by atoms with E-state index in [9.17, 15) is 4.79 Å². The van der Waals surface area contributed by atoms with Gasteiger partial charge in [-0.1, -0.05) is 33.1 Å². The van der Waals surface area contributed by atoms with Crippen LogP contribution in [-0.2, 0) is 57.1 Å². The van der Waals surface area contributed by atoms with E-state index in [2.05, 4.69) is 48.0 Å². The Morgan fingerprint density at radius 3 is 2.78 bits per heavy atom. The van der Waals surface area contributed by atoms with Gasteiger partial charge in [-0.15, -0.1) is 11.8 Å². The van der Waals surface area contributed by atoms with E-state index < -0.39 is 0 Å². The number of rotatable bonds is 1. The van der Waals surface area contributed by atoms with Crippen LogP contribution in [0.5, 0.6) is 5.75 Å². The molecule has 0 radical (unpaired) electrons. The zero-order valence-corrected chi connectivity index (χ0v) is 31.1. The van der Waals surface area contributed by atoms with Crippen LogP contribution in [0.2, 0.25) is 5.02 Å². The Bertz CT molecular complexity index is 2280. The van der Waals surface area contributed by atoms with E-state index in [0.717, 1.165) is 97.8 Å². The summed E-state index contributed by atoms with van der Waals surface area (Å²) in [6.07, 6.45) is 6.18. The molecule has 6 heterocycles. The van der Waals surface area contributed by atoms with Crippen LogP contribution in [0.25, 0.3) is 32.9 Å². The quantitative estimate of drug-likeness (QED) is 0.127. The number of hydrogen-bond acceptors (Lipinski definition) is 8. The van der Waals surface area contributed by atoms with Gasteiger partial charge >= 0.3 is 5.97 Å². The Morgan fingerprint density at radius 1 is 1.04 bits per heavy atom. The highest BCUT2D eigenvalue weighted by Gasteiger charge is 2.30. The second-order valence-electron chi connectivity index (χ2n) is 13.0. The summed E-state index contributed by atoms with van der Waals surface area (Å²) in [6.45, 7) is 2.53. The summed E-state index contributed by atoms with van der Waals surface area (Å²) in [7, 11) is 8.26. The predicted molar refractivity (Wildman–Crippen MR) is 201 cm³/mol. The third kappa shape index (κ3) is 5.98. The number of ether oxygens (including phenoxy) is 2. The number of aryl methyl sites for hydroxylation is 4. The summed E-state index contributed by atoms with van der Waals surface area (Å²) in [5.41, 5.74) is 9.43. The summed E-state index contributed by atoms with van der Waals surface area (Å²) in [4.78, 5) is 19.2. The summed E-state index contributed by atoms with van der Waals surface area (Å²) in [6, 6.07) is 14.4. The molecular weight excluding hydrogens is 689 g/mol. The van der Waals surface area contributed by atoms with Gasteiger partial charge in [0.1, 0.15) is 17.0 Å². The van der Waals surface area contributed by atoms with E-state index in [1.54, 1.807) is 18.0 Å². The molecule has 0 saturated heterocycles. The molecule has 1 unspecified atom stereocenters. The van der Waals surface area contributed by atoms with Crippen molar-refractivity contribution in [2.24, 2.45) is 14.1 Å². The highest BCUT2D eigenvalue weighted by Crippen LogP contribution is 2.44. The largest absolute Gasteiger partial charge is 0.491 e. The van der Waals surface area contributed by atoms with Crippen molar-refractivity contribution in [2.45, 2.75) is 62.4 Å². The van der Waals surface area contributed by atoms with Gasteiger partial charge < -0.3 is 14.0 Å². The molecule has 2 aromatic carbocycles. The number of fused-ring (bicyclic) bond motifs is 10. The molecule has 258 valence electrons. The Kier molecular flexibility index (Phi) is 9.10. The lowest BCUT2D eigenvalue weighted by atomic mass is 9.95. The number of carbonyl (C=O) groups is 1. The zero-order valence-electron chi connectivity index (χ0n) is 28.4. The molecule has 0 saturated carbocycles. The Hall–Kier alpha value is -3.89. The molecule has 1 atom stereocenters. The SMILES string of the molecule is COC(=O)c1c2c3ccc(Cl)c(c3n1C)-c1c(nn3c1CCCC3)CN(P)Cc1cc(n(C)n1)CSc1cc(c3ncccc3c1)OCCC2. The summed E-state index contributed by atoms with van der Waals surface area (Å²) >= 11 is 8.93.